The normalized spacial score (nSPS) is 12.1. The van der Waals surface area contributed by atoms with E-state index in [2.05, 4.69) is 10.3 Å². The van der Waals surface area contributed by atoms with Crippen LogP contribution in [0.4, 0.5) is 0 Å². The minimum atomic E-state index is -0.413. The first kappa shape index (κ1) is 19.9. The molecule has 148 valence electrons. The van der Waals surface area contributed by atoms with Gasteiger partial charge in [-0.3, -0.25) is 9.36 Å². The molecule has 2 aromatic carbocycles. The summed E-state index contributed by atoms with van der Waals surface area (Å²) in [6.07, 6.45) is 1.14. The van der Waals surface area contributed by atoms with Crippen LogP contribution in [0.1, 0.15) is 12.5 Å². The molecule has 0 amide bonds. The van der Waals surface area contributed by atoms with Gasteiger partial charge in [0.25, 0.3) is 5.56 Å². The highest BCUT2D eigenvalue weighted by Gasteiger charge is 2.12. The molecule has 3 aromatic rings. The molecule has 0 saturated carbocycles. The van der Waals surface area contributed by atoms with Crippen molar-refractivity contribution in [1.29, 1.82) is 0 Å². The lowest BCUT2D eigenvalue weighted by Crippen LogP contribution is -2.28. The van der Waals surface area contributed by atoms with Crippen LogP contribution in [0.3, 0.4) is 0 Å². The zero-order chi connectivity index (χ0) is 19.9. The van der Waals surface area contributed by atoms with Crippen LogP contribution < -0.4 is 20.3 Å². The van der Waals surface area contributed by atoms with Crippen molar-refractivity contribution in [2.45, 2.75) is 19.6 Å². The molecule has 28 heavy (non-hydrogen) atoms. The SMILES string of the molecule is COc1cc2ncn(Cc3ccccc3)c(=O)c2cc1OCCNCC(C)O. The number of nitrogens with one attached hydrogen (secondary N) is 1. The van der Waals surface area contributed by atoms with Gasteiger partial charge in [-0.15, -0.1) is 0 Å². The number of aliphatic hydroxyl groups excluding tert-OH is 1. The van der Waals surface area contributed by atoms with E-state index in [1.165, 1.54) is 0 Å². The van der Waals surface area contributed by atoms with Crippen LogP contribution in [0.2, 0.25) is 0 Å². The van der Waals surface area contributed by atoms with E-state index in [0.29, 0.717) is 48.6 Å². The predicted octanol–water partition coefficient (Wildman–Crippen LogP) is 1.80. The van der Waals surface area contributed by atoms with E-state index in [0.717, 1.165) is 5.56 Å². The van der Waals surface area contributed by atoms with Crippen LogP contribution in [0, 0.1) is 0 Å². The Labute approximate surface area is 163 Å². The molecular formula is C21H25N3O4. The summed E-state index contributed by atoms with van der Waals surface area (Å²) < 4.78 is 12.7. The Bertz CT molecular complexity index is 971. The Kier molecular flexibility index (Phi) is 6.62. The van der Waals surface area contributed by atoms with Crippen molar-refractivity contribution >= 4 is 10.9 Å². The number of benzene rings is 2. The van der Waals surface area contributed by atoms with Gasteiger partial charge in [-0.25, -0.2) is 4.98 Å². The van der Waals surface area contributed by atoms with E-state index < -0.39 is 6.10 Å². The molecule has 2 N–H and O–H groups in total. The molecule has 1 aromatic heterocycles. The molecule has 7 nitrogen and oxygen atoms in total. The lowest BCUT2D eigenvalue weighted by molar-refractivity contribution is 0.187. The van der Waals surface area contributed by atoms with E-state index >= 15 is 0 Å². The lowest BCUT2D eigenvalue weighted by Gasteiger charge is -2.13. The Balaban J connectivity index is 1.83. The van der Waals surface area contributed by atoms with Crippen molar-refractivity contribution in [3.63, 3.8) is 0 Å². The van der Waals surface area contributed by atoms with E-state index in [-0.39, 0.29) is 5.56 Å². The van der Waals surface area contributed by atoms with Crippen LogP contribution in [-0.4, -0.2) is 47.6 Å². The first-order valence-electron chi connectivity index (χ1n) is 9.21. The van der Waals surface area contributed by atoms with Crippen LogP contribution in [-0.2, 0) is 6.54 Å². The number of aromatic nitrogens is 2. The summed E-state index contributed by atoms with van der Waals surface area (Å²) in [7, 11) is 1.55. The average Bonchev–Trinajstić information content (AvgIpc) is 2.70. The first-order chi connectivity index (χ1) is 13.6. The number of methoxy groups -OCH3 is 1. The molecule has 7 heteroatoms. The fourth-order valence-corrected chi connectivity index (χ4v) is 2.88. The Morgan fingerprint density at radius 3 is 2.71 bits per heavy atom. The van der Waals surface area contributed by atoms with Crippen molar-refractivity contribution in [3.05, 3.63) is 64.7 Å². The van der Waals surface area contributed by atoms with Crippen molar-refractivity contribution in [3.8, 4) is 11.5 Å². The number of hydrogen-bond acceptors (Lipinski definition) is 6. The number of nitrogens with zero attached hydrogens (tertiary/aromatic N) is 2. The van der Waals surface area contributed by atoms with E-state index in [1.807, 2.05) is 30.3 Å². The third kappa shape index (κ3) is 4.88. The molecule has 1 unspecified atom stereocenters. The van der Waals surface area contributed by atoms with Crippen molar-refractivity contribution < 1.29 is 14.6 Å². The van der Waals surface area contributed by atoms with Gasteiger partial charge >= 0.3 is 0 Å². The number of aliphatic hydroxyl groups is 1. The zero-order valence-corrected chi connectivity index (χ0v) is 16.1. The fourth-order valence-electron chi connectivity index (χ4n) is 2.88. The van der Waals surface area contributed by atoms with Gasteiger partial charge < -0.3 is 19.9 Å². The summed E-state index contributed by atoms with van der Waals surface area (Å²) in [6.45, 7) is 3.61. The van der Waals surface area contributed by atoms with E-state index in [9.17, 15) is 9.90 Å². The van der Waals surface area contributed by atoms with Gasteiger partial charge in [-0.05, 0) is 18.6 Å². The maximum absolute atomic E-state index is 12.9. The topological polar surface area (TPSA) is 85.6 Å². The predicted molar refractivity (Wildman–Crippen MR) is 108 cm³/mol. The van der Waals surface area contributed by atoms with Gasteiger partial charge in [-0.2, -0.15) is 0 Å². The number of fused-ring (bicyclic) bond motifs is 1. The second-order valence-corrected chi connectivity index (χ2v) is 6.59. The molecule has 0 fully saturated rings. The van der Waals surface area contributed by atoms with Crippen LogP contribution in [0.25, 0.3) is 10.9 Å². The van der Waals surface area contributed by atoms with Gasteiger partial charge in [0.15, 0.2) is 11.5 Å². The Hall–Kier alpha value is -2.90. The highest BCUT2D eigenvalue weighted by atomic mass is 16.5. The summed E-state index contributed by atoms with van der Waals surface area (Å²) in [5.41, 5.74) is 1.46. The van der Waals surface area contributed by atoms with E-state index in [1.54, 1.807) is 37.1 Å². The smallest absolute Gasteiger partial charge is 0.261 e. The third-order valence-corrected chi connectivity index (χ3v) is 4.28. The van der Waals surface area contributed by atoms with Gasteiger partial charge in [-0.1, -0.05) is 30.3 Å². The molecule has 1 atom stereocenters. The van der Waals surface area contributed by atoms with Crippen LogP contribution in [0.5, 0.6) is 11.5 Å². The molecule has 0 bridgehead atoms. The first-order valence-corrected chi connectivity index (χ1v) is 9.21. The molecule has 0 saturated heterocycles. The second-order valence-electron chi connectivity index (χ2n) is 6.59. The van der Waals surface area contributed by atoms with Gasteiger partial charge in [0.05, 0.1) is 37.0 Å². The zero-order valence-electron chi connectivity index (χ0n) is 16.1. The third-order valence-electron chi connectivity index (χ3n) is 4.28. The number of rotatable bonds is 9. The van der Waals surface area contributed by atoms with Crippen molar-refractivity contribution in [2.24, 2.45) is 0 Å². The number of hydrogen-bond donors (Lipinski definition) is 2. The second kappa shape index (κ2) is 9.34. The maximum atomic E-state index is 12.9. The molecule has 0 spiro atoms. The van der Waals surface area contributed by atoms with E-state index in [4.69, 9.17) is 9.47 Å². The number of ether oxygens (including phenoxy) is 2. The maximum Gasteiger partial charge on any atom is 0.261 e. The lowest BCUT2D eigenvalue weighted by atomic mass is 10.2. The summed E-state index contributed by atoms with van der Waals surface area (Å²) in [5.74, 6) is 1.01. The highest BCUT2D eigenvalue weighted by molar-refractivity contribution is 5.81. The van der Waals surface area contributed by atoms with Crippen molar-refractivity contribution in [2.75, 3.05) is 26.8 Å². The standard InChI is InChI=1S/C21H25N3O4/c1-15(25)12-22-8-9-28-20-10-17-18(11-19(20)27-2)23-14-24(21(17)26)13-16-6-4-3-5-7-16/h3-7,10-11,14-15,22,25H,8-9,12-13H2,1-2H3. The summed E-state index contributed by atoms with van der Waals surface area (Å²) in [4.78, 5) is 17.3. The molecule has 1 heterocycles. The van der Waals surface area contributed by atoms with Gasteiger partial charge in [0.1, 0.15) is 6.61 Å². The summed E-state index contributed by atoms with van der Waals surface area (Å²) >= 11 is 0. The largest absolute Gasteiger partial charge is 0.493 e. The monoisotopic (exact) mass is 383 g/mol. The summed E-state index contributed by atoms with van der Waals surface area (Å²) in [5, 5.41) is 12.8. The van der Waals surface area contributed by atoms with Crippen LogP contribution in [0.15, 0.2) is 53.6 Å². The molecule has 0 aliphatic heterocycles. The quantitative estimate of drug-likeness (QED) is 0.548. The van der Waals surface area contributed by atoms with Gasteiger partial charge in [0.2, 0.25) is 0 Å². The Morgan fingerprint density at radius 2 is 2.00 bits per heavy atom. The highest BCUT2D eigenvalue weighted by Crippen LogP contribution is 2.30. The minimum Gasteiger partial charge on any atom is -0.493 e. The fraction of sp³-hybridized carbons (Fsp3) is 0.333. The summed E-state index contributed by atoms with van der Waals surface area (Å²) in [6, 6.07) is 13.2. The molecular weight excluding hydrogens is 358 g/mol. The molecule has 0 aliphatic carbocycles. The minimum absolute atomic E-state index is 0.131. The average molecular weight is 383 g/mol. The molecule has 3 rings (SSSR count). The van der Waals surface area contributed by atoms with Crippen molar-refractivity contribution in [1.82, 2.24) is 14.9 Å². The molecule has 0 aliphatic rings. The molecule has 0 radical (unpaired) electrons. The Morgan fingerprint density at radius 1 is 1.21 bits per heavy atom. The van der Waals surface area contributed by atoms with Gasteiger partial charge in [0, 0.05) is 19.2 Å². The van der Waals surface area contributed by atoms with Crippen LogP contribution >= 0.6 is 0 Å².